The number of aromatic hydroxyl groups is 1. The second-order valence-corrected chi connectivity index (χ2v) is 9.24. The van der Waals surface area contributed by atoms with E-state index in [0.29, 0.717) is 21.6 Å². The van der Waals surface area contributed by atoms with E-state index in [2.05, 4.69) is 19.9 Å². The number of azo groups is 1. The zero-order chi connectivity index (χ0) is 23.6. The molecule has 9 nitrogen and oxygen atoms in total. The third-order valence-corrected chi connectivity index (χ3v) is 6.44. The number of aromatic amines is 1. The summed E-state index contributed by atoms with van der Waals surface area (Å²) in [6, 6.07) is 16.8. The molecule has 3 aromatic carbocycles. The number of sulfonamides is 1. The molecule has 4 N–H and O–H groups in total. The number of rotatable bonds is 7. The van der Waals surface area contributed by atoms with Gasteiger partial charge in [-0.15, -0.1) is 5.11 Å². The lowest BCUT2D eigenvalue weighted by Crippen LogP contribution is -2.23. The van der Waals surface area contributed by atoms with Gasteiger partial charge in [0.2, 0.25) is 15.9 Å². The highest BCUT2D eigenvalue weighted by Crippen LogP contribution is 2.37. The van der Waals surface area contributed by atoms with E-state index < -0.39 is 16.0 Å². The van der Waals surface area contributed by atoms with Crippen LogP contribution in [0.4, 0.5) is 11.4 Å². The van der Waals surface area contributed by atoms with Gasteiger partial charge in [-0.1, -0.05) is 23.7 Å². The quantitative estimate of drug-likeness (QED) is 0.269. The summed E-state index contributed by atoms with van der Waals surface area (Å²) in [7, 11) is -3.85. The predicted molar refractivity (Wildman–Crippen MR) is 123 cm³/mol. The van der Waals surface area contributed by atoms with Crippen LogP contribution in [0, 0.1) is 0 Å². The molecule has 11 heteroatoms. The zero-order valence-corrected chi connectivity index (χ0v) is 18.4. The number of halogens is 1. The Labute approximate surface area is 193 Å². The van der Waals surface area contributed by atoms with Crippen molar-refractivity contribution in [2.24, 2.45) is 10.2 Å². The number of fused-ring (bicyclic) bond motifs is 1. The molecular weight excluding hydrogens is 468 g/mol. The molecule has 0 saturated heterocycles. The number of benzene rings is 3. The van der Waals surface area contributed by atoms with E-state index in [1.54, 1.807) is 24.3 Å². The van der Waals surface area contributed by atoms with Crippen LogP contribution in [-0.2, 0) is 16.6 Å². The van der Waals surface area contributed by atoms with Gasteiger partial charge in [0.25, 0.3) is 0 Å². The number of hydrogen-bond donors (Lipinski definition) is 4. The predicted octanol–water partition coefficient (Wildman–Crippen LogP) is 5.12. The van der Waals surface area contributed by atoms with Gasteiger partial charge in [0.05, 0.1) is 21.7 Å². The fourth-order valence-corrected chi connectivity index (χ4v) is 4.22. The third-order valence-electron chi connectivity index (χ3n) is 4.79. The molecule has 4 aromatic rings. The number of H-pyrrole nitrogens is 1. The van der Waals surface area contributed by atoms with Gasteiger partial charge >= 0.3 is 5.97 Å². The van der Waals surface area contributed by atoms with Crippen molar-refractivity contribution in [2.75, 3.05) is 0 Å². The highest BCUT2D eigenvalue weighted by molar-refractivity contribution is 7.89. The minimum absolute atomic E-state index is 0.00905. The summed E-state index contributed by atoms with van der Waals surface area (Å²) < 4.78 is 28.1. The van der Waals surface area contributed by atoms with Crippen molar-refractivity contribution in [2.45, 2.75) is 11.4 Å². The summed E-state index contributed by atoms with van der Waals surface area (Å²) >= 11 is 5.85. The molecule has 0 atom stereocenters. The van der Waals surface area contributed by atoms with Crippen LogP contribution < -0.4 is 4.72 Å². The SMILES string of the molecule is O=C(O)c1ccc(N=Nc2c(O)[nH]c3ccc(S(=O)(=O)NCc4ccc(Cl)cc4)cc23)cc1. The van der Waals surface area contributed by atoms with Gasteiger partial charge in [-0.3, -0.25) is 0 Å². The van der Waals surface area contributed by atoms with E-state index >= 15 is 0 Å². The third kappa shape index (κ3) is 5.03. The fraction of sp³-hybridized carbons (Fsp3) is 0.0455. The van der Waals surface area contributed by atoms with E-state index in [4.69, 9.17) is 16.7 Å². The topological polar surface area (TPSA) is 144 Å². The largest absolute Gasteiger partial charge is 0.493 e. The second kappa shape index (κ2) is 9.02. The van der Waals surface area contributed by atoms with Crippen LogP contribution >= 0.6 is 11.6 Å². The highest BCUT2D eigenvalue weighted by Gasteiger charge is 2.18. The maximum absolute atomic E-state index is 12.8. The number of nitrogens with one attached hydrogen (secondary N) is 2. The Hall–Kier alpha value is -3.73. The Balaban J connectivity index is 1.60. The molecule has 168 valence electrons. The first-order valence-corrected chi connectivity index (χ1v) is 11.4. The molecule has 0 saturated carbocycles. The minimum Gasteiger partial charge on any atom is -0.493 e. The Morgan fingerprint density at radius 2 is 1.70 bits per heavy atom. The first-order valence-electron chi connectivity index (χ1n) is 9.57. The lowest BCUT2D eigenvalue weighted by Gasteiger charge is -2.07. The average molecular weight is 485 g/mol. The smallest absolute Gasteiger partial charge is 0.335 e. The Morgan fingerprint density at radius 1 is 1.00 bits per heavy atom. The standard InChI is InChI=1S/C22H17ClN4O5S/c23-15-5-1-13(2-6-15)12-24-33(31,32)17-9-10-19-18(11-17)20(21(28)25-19)27-26-16-7-3-14(4-8-16)22(29)30/h1-11,24-25,28H,12H2,(H,29,30). The molecule has 0 spiro atoms. The summed E-state index contributed by atoms with van der Waals surface area (Å²) in [4.78, 5) is 13.7. The van der Waals surface area contributed by atoms with Crippen molar-refractivity contribution in [3.05, 3.63) is 82.9 Å². The van der Waals surface area contributed by atoms with E-state index in [1.807, 2.05) is 0 Å². The molecule has 0 fully saturated rings. The minimum atomic E-state index is -3.85. The summed E-state index contributed by atoms with van der Waals surface area (Å²) in [5.41, 5.74) is 1.74. The lowest BCUT2D eigenvalue weighted by molar-refractivity contribution is 0.0697. The molecule has 1 aromatic heterocycles. The second-order valence-electron chi connectivity index (χ2n) is 7.03. The van der Waals surface area contributed by atoms with Gasteiger partial charge in [-0.05, 0) is 60.2 Å². The van der Waals surface area contributed by atoms with Gasteiger partial charge in [0.1, 0.15) is 0 Å². The molecule has 1 heterocycles. The van der Waals surface area contributed by atoms with Gasteiger partial charge in [-0.2, -0.15) is 5.11 Å². The molecule has 0 aliphatic heterocycles. The molecule has 33 heavy (non-hydrogen) atoms. The van der Waals surface area contributed by atoms with Gasteiger partial charge < -0.3 is 15.2 Å². The summed E-state index contributed by atoms with van der Waals surface area (Å²) in [5, 5.41) is 28.2. The Bertz CT molecular complexity index is 1460. The van der Waals surface area contributed by atoms with E-state index in [9.17, 15) is 18.3 Å². The van der Waals surface area contributed by atoms with Crippen LogP contribution in [0.2, 0.25) is 5.02 Å². The Kier molecular flexibility index (Phi) is 6.14. The first kappa shape index (κ1) is 22.5. The maximum Gasteiger partial charge on any atom is 0.335 e. The van der Waals surface area contributed by atoms with Gasteiger partial charge in [0, 0.05) is 17.0 Å². The van der Waals surface area contributed by atoms with Gasteiger partial charge in [0.15, 0.2) is 5.69 Å². The van der Waals surface area contributed by atoms with Crippen LogP contribution in [-0.4, -0.2) is 29.6 Å². The average Bonchev–Trinajstić information content (AvgIpc) is 3.11. The number of carboxylic acids is 1. The van der Waals surface area contributed by atoms with E-state index in [1.165, 1.54) is 42.5 Å². The number of aromatic nitrogens is 1. The molecule has 0 unspecified atom stereocenters. The van der Waals surface area contributed by atoms with Crippen LogP contribution in [0.5, 0.6) is 5.88 Å². The summed E-state index contributed by atoms with van der Waals surface area (Å²) in [5.74, 6) is -1.34. The van der Waals surface area contributed by atoms with Crippen molar-refractivity contribution in [3.8, 4) is 5.88 Å². The van der Waals surface area contributed by atoms with Crippen molar-refractivity contribution in [1.29, 1.82) is 0 Å². The molecule has 0 amide bonds. The van der Waals surface area contributed by atoms with Crippen molar-refractivity contribution in [1.82, 2.24) is 9.71 Å². The fourth-order valence-electron chi connectivity index (χ4n) is 3.05. The number of hydrogen-bond acceptors (Lipinski definition) is 6. The van der Waals surface area contributed by atoms with Crippen LogP contribution in [0.1, 0.15) is 15.9 Å². The maximum atomic E-state index is 12.8. The van der Waals surface area contributed by atoms with Crippen LogP contribution in [0.25, 0.3) is 10.9 Å². The van der Waals surface area contributed by atoms with E-state index in [-0.39, 0.29) is 28.6 Å². The summed E-state index contributed by atoms with van der Waals surface area (Å²) in [6.07, 6.45) is 0. The molecule has 0 bridgehead atoms. The van der Waals surface area contributed by atoms with Crippen molar-refractivity contribution >= 4 is 49.9 Å². The molecule has 0 radical (unpaired) electrons. The first-order chi connectivity index (χ1) is 15.7. The van der Waals surface area contributed by atoms with Crippen molar-refractivity contribution in [3.63, 3.8) is 0 Å². The Morgan fingerprint density at radius 3 is 2.36 bits per heavy atom. The van der Waals surface area contributed by atoms with E-state index in [0.717, 1.165) is 5.56 Å². The highest BCUT2D eigenvalue weighted by atomic mass is 35.5. The number of aromatic carboxylic acids is 1. The number of nitrogens with zero attached hydrogens (tertiary/aromatic N) is 2. The molecule has 0 aliphatic carbocycles. The zero-order valence-electron chi connectivity index (χ0n) is 16.9. The van der Waals surface area contributed by atoms with Crippen molar-refractivity contribution < 1.29 is 23.4 Å². The monoisotopic (exact) mass is 484 g/mol. The number of carbonyl (C=O) groups is 1. The lowest BCUT2D eigenvalue weighted by atomic mass is 10.2. The molecule has 4 rings (SSSR count). The number of carboxylic acid groups (broad SMARTS) is 1. The van der Waals surface area contributed by atoms with Crippen LogP contribution in [0.15, 0.2) is 81.9 Å². The van der Waals surface area contributed by atoms with Gasteiger partial charge in [-0.25, -0.2) is 17.9 Å². The molecule has 0 aliphatic rings. The van der Waals surface area contributed by atoms with Crippen LogP contribution in [0.3, 0.4) is 0 Å². The molecular formula is C22H17ClN4O5S. The summed E-state index contributed by atoms with van der Waals surface area (Å²) in [6.45, 7) is 0.0782. The normalized spacial score (nSPS) is 11.9.